The van der Waals surface area contributed by atoms with Crippen molar-refractivity contribution in [2.75, 3.05) is 5.75 Å². The van der Waals surface area contributed by atoms with Crippen LogP contribution >= 0.6 is 12.6 Å². The lowest BCUT2D eigenvalue weighted by Crippen LogP contribution is -2.24. The molecule has 1 heterocycles. The van der Waals surface area contributed by atoms with Gasteiger partial charge in [-0.2, -0.15) is 12.6 Å². The summed E-state index contributed by atoms with van der Waals surface area (Å²) in [5.41, 5.74) is 1.63. The lowest BCUT2D eigenvalue weighted by Gasteiger charge is -2.09. The van der Waals surface area contributed by atoms with Crippen LogP contribution in [0.4, 0.5) is 0 Å². The lowest BCUT2D eigenvalue weighted by molar-refractivity contribution is 0.688. The van der Waals surface area contributed by atoms with Gasteiger partial charge in [0.05, 0.1) is 0 Å². The van der Waals surface area contributed by atoms with Crippen LogP contribution in [0.3, 0.4) is 0 Å². The van der Waals surface area contributed by atoms with Gasteiger partial charge in [-0.25, -0.2) is 4.98 Å². The summed E-state index contributed by atoms with van der Waals surface area (Å²) in [5, 5.41) is 0. The van der Waals surface area contributed by atoms with Crippen molar-refractivity contribution in [3.8, 4) is 0 Å². The molecule has 0 aromatic carbocycles. The molecule has 0 spiro atoms. The third-order valence-corrected chi connectivity index (χ3v) is 2.38. The summed E-state index contributed by atoms with van der Waals surface area (Å²) in [5.74, 6) is 1.30. The monoisotopic (exact) mass is 210 g/mol. The van der Waals surface area contributed by atoms with Crippen molar-refractivity contribution < 1.29 is 0 Å². The molecule has 4 heteroatoms. The Bertz CT molecular complexity index is 409. The fourth-order valence-corrected chi connectivity index (χ4v) is 1.33. The largest absolute Gasteiger partial charge is 0.293 e. The van der Waals surface area contributed by atoms with Gasteiger partial charge >= 0.3 is 0 Å². The van der Waals surface area contributed by atoms with Gasteiger partial charge < -0.3 is 0 Å². The average Bonchev–Trinajstić information content (AvgIpc) is 2.10. The van der Waals surface area contributed by atoms with E-state index in [1.165, 1.54) is 6.07 Å². The quantitative estimate of drug-likeness (QED) is 0.603. The summed E-state index contributed by atoms with van der Waals surface area (Å²) in [4.78, 5) is 15.8. The number of aromatic nitrogens is 2. The van der Waals surface area contributed by atoms with Crippen LogP contribution in [0.25, 0.3) is 0 Å². The topological polar surface area (TPSA) is 34.9 Å². The van der Waals surface area contributed by atoms with Crippen LogP contribution in [0.1, 0.15) is 11.5 Å². The maximum atomic E-state index is 11.6. The predicted octanol–water partition coefficient (Wildman–Crippen LogP) is 1.35. The van der Waals surface area contributed by atoms with Crippen molar-refractivity contribution in [1.29, 1.82) is 0 Å². The van der Waals surface area contributed by atoms with E-state index >= 15 is 0 Å². The van der Waals surface area contributed by atoms with E-state index in [0.29, 0.717) is 12.3 Å². The van der Waals surface area contributed by atoms with E-state index in [9.17, 15) is 4.79 Å². The molecule has 0 saturated carbocycles. The van der Waals surface area contributed by atoms with E-state index in [4.69, 9.17) is 0 Å². The number of rotatable bonds is 3. The van der Waals surface area contributed by atoms with Gasteiger partial charge in [-0.3, -0.25) is 9.36 Å². The molecular weight excluding hydrogens is 196 g/mol. The first kappa shape index (κ1) is 11.0. The first-order valence-electron chi connectivity index (χ1n) is 4.37. The van der Waals surface area contributed by atoms with Gasteiger partial charge in [0.25, 0.3) is 5.56 Å². The summed E-state index contributed by atoms with van der Waals surface area (Å²) < 4.78 is 1.60. The summed E-state index contributed by atoms with van der Waals surface area (Å²) >= 11 is 4.10. The van der Waals surface area contributed by atoms with Crippen LogP contribution in [0.15, 0.2) is 23.0 Å². The second kappa shape index (κ2) is 4.46. The lowest BCUT2D eigenvalue weighted by atomic mass is 10.3. The molecule has 0 amide bonds. The Balaban J connectivity index is 3.09. The van der Waals surface area contributed by atoms with Gasteiger partial charge in [-0.05, 0) is 19.4 Å². The standard InChI is InChI=1S/C10H14N2OS/c1-7(6-14)5-12-9(3)11-8(2)4-10(12)13/h4,14H,1,5-6H2,2-3H3. The Hall–Kier alpha value is -1.03. The molecule has 1 rings (SSSR count). The molecule has 0 fully saturated rings. The van der Waals surface area contributed by atoms with Gasteiger partial charge in [0, 0.05) is 24.1 Å². The molecule has 14 heavy (non-hydrogen) atoms. The Morgan fingerprint density at radius 1 is 1.64 bits per heavy atom. The van der Waals surface area contributed by atoms with Gasteiger partial charge in [0.2, 0.25) is 0 Å². The number of hydrogen-bond acceptors (Lipinski definition) is 3. The Morgan fingerprint density at radius 2 is 2.29 bits per heavy atom. The van der Waals surface area contributed by atoms with Gasteiger partial charge in [-0.15, -0.1) is 0 Å². The minimum Gasteiger partial charge on any atom is -0.293 e. The Kier molecular flexibility index (Phi) is 3.52. The summed E-state index contributed by atoms with van der Waals surface area (Å²) in [6.07, 6.45) is 0. The highest BCUT2D eigenvalue weighted by Gasteiger charge is 2.03. The first-order chi connectivity index (χ1) is 6.54. The van der Waals surface area contributed by atoms with E-state index in [1.807, 2.05) is 13.8 Å². The van der Waals surface area contributed by atoms with E-state index in [0.717, 1.165) is 17.1 Å². The van der Waals surface area contributed by atoms with Crippen LogP contribution < -0.4 is 5.56 Å². The molecule has 0 N–H and O–H groups in total. The van der Waals surface area contributed by atoms with Crippen molar-refractivity contribution >= 4 is 12.6 Å². The third kappa shape index (κ3) is 2.48. The number of nitrogens with zero attached hydrogens (tertiary/aromatic N) is 2. The molecule has 0 radical (unpaired) electrons. The van der Waals surface area contributed by atoms with Gasteiger partial charge in [0.1, 0.15) is 5.82 Å². The molecule has 0 saturated heterocycles. The van der Waals surface area contributed by atoms with Crippen LogP contribution in [0.5, 0.6) is 0 Å². The highest BCUT2D eigenvalue weighted by molar-refractivity contribution is 7.80. The SMILES string of the molecule is C=C(CS)Cn1c(C)nc(C)cc1=O. The fraction of sp³-hybridized carbons (Fsp3) is 0.400. The fourth-order valence-electron chi connectivity index (χ4n) is 1.23. The Labute approximate surface area is 88.9 Å². The maximum Gasteiger partial charge on any atom is 0.254 e. The zero-order valence-corrected chi connectivity index (χ0v) is 9.34. The number of hydrogen-bond donors (Lipinski definition) is 1. The van der Waals surface area contributed by atoms with Crippen LogP contribution in [-0.2, 0) is 6.54 Å². The molecule has 0 atom stereocenters. The van der Waals surface area contributed by atoms with Crippen molar-refractivity contribution in [2.24, 2.45) is 0 Å². The van der Waals surface area contributed by atoms with Crippen LogP contribution in [0, 0.1) is 13.8 Å². The minimum absolute atomic E-state index is 0.0297. The molecule has 0 bridgehead atoms. The van der Waals surface area contributed by atoms with Crippen LogP contribution in [-0.4, -0.2) is 15.3 Å². The normalized spacial score (nSPS) is 10.2. The summed E-state index contributed by atoms with van der Waals surface area (Å²) in [6, 6.07) is 1.53. The molecule has 3 nitrogen and oxygen atoms in total. The first-order valence-corrected chi connectivity index (χ1v) is 5.00. The summed E-state index contributed by atoms with van der Waals surface area (Å²) in [7, 11) is 0. The highest BCUT2D eigenvalue weighted by atomic mass is 32.1. The number of aryl methyl sites for hydroxylation is 2. The smallest absolute Gasteiger partial charge is 0.254 e. The molecule has 0 aliphatic rings. The number of thiol groups is 1. The average molecular weight is 210 g/mol. The van der Waals surface area contributed by atoms with E-state index in [-0.39, 0.29) is 5.56 Å². The molecule has 1 aromatic heterocycles. The maximum absolute atomic E-state index is 11.6. The van der Waals surface area contributed by atoms with E-state index in [2.05, 4.69) is 24.2 Å². The van der Waals surface area contributed by atoms with Crippen LogP contribution in [0.2, 0.25) is 0 Å². The second-order valence-corrected chi connectivity index (χ2v) is 3.59. The zero-order chi connectivity index (χ0) is 10.7. The third-order valence-electron chi connectivity index (χ3n) is 1.93. The molecule has 0 aliphatic heterocycles. The van der Waals surface area contributed by atoms with Crippen molar-refractivity contribution in [1.82, 2.24) is 9.55 Å². The molecule has 1 aromatic rings. The Morgan fingerprint density at radius 3 is 2.79 bits per heavy atom. The summed E-state index contributed by atoms with van der Waals surface area (Å²) in [6.45, 7) is 7.94. The molecule has 0 unspecified atom stereocenters. The van der Waals surface area contributed by atoms with E-state index in [1.54, 1.807) is 4.57 Å². The van der Waals surface area contributed by atoms with E-state index < -0.39 is 0 Å². The predicted molar refractivity (Wildman–Crippen MR) is 61.0 cm³/mol. The molecule has 76 valence electrons. The highest BCUT2D eigenvalue weighted by Crippen LogP contribution is 2.00. The van der Waals surface area contributed by atoms with Crippen molar-refractivity contribution in [3.63, 3.8) is 0 Å². The molecule has 0 aliphatic carbocycles. The van der Waals surface area contributed by atoms with Gasteiger partial charge in [0.15, 0.2) is 0 Å². The van der Waals surface area contributed by atoms with Crippen molar-refractivity contribution in [3.05, 3.63) is 40.1 Å². The van der Waals surface area contributed by atoms with Gasteiger partial charge in [-0.1, -0.05) is 6.58 Å². The second-order valence-electron chi connectivity index (χ2n) is 3.28. The zero-order valence-electron chi connectivity index (χ0n) is 8.45. The minimum atomic E-state index is -0.0297. The van der Waals surface area contributed by atoms with Crippen molar-refractivity contribution in [2.45, 2.75) is 20.4 Å². The molecular formula is C10H14N2OS.